The summed E-state index contributed by atoms with van der Waals surface area (Å²) < 4.78 is 12.6. The van der Waals surface area contributed by atoms with E-state index in [4.69, 9.17) is 0 Å². The molecule has 1 unspecified atom stereocenters. The lowest BCUT2D eigenvalue weighted by Crippen LogP contribution is -2.04. The second kappa shape index (κ2) is 4.87. The van der Waals surface area contributed by atoms with Crippen molar-refractivity contribution in [2.45, 2.75) is 26.2 Å². The minimum absolute atomic E-state index is 0.0929. The van der Waals surface area contributed by atoms with Gasteiger partial charge in [0.05, 0.1) is 11.6 Å². The normalized spacial score (nSPS) is 12.5. The van der Waals surface area contributed by atoms with Gasteiger partial charge in [-0.2, -0.15) is 0 Å². The molecule has 0 bridgehead atoms. The van der Waals surface area contributed by atoms with Gasteiger partial charge in [-0.1, -0.05) is 26.0 Å². The van der Waals surface area contributed by atoms with E-state index in [1.807, 2.05) is 6.92 Å². The van der Waals surface area contributed by atoms with Crippen molar-refractivity contribution in [1.82, 2.24) is 0 Å². The Morgan fingerprint density at radius 3 is 2.67 bits per heavy atom. The van der Waals surface area contributed by atoms with Gasteiger partial charge in [0.25, 0.3) is 5.69 Å². The minimum atomic E-state index is -0.492. The van der Waals surface area contributed by atoms with Gasteiger partial charge in [-0.15, -0.1) is 0 Å². The highest BCUT2D eigenvalue weighted by Crippen LogP contribution is 2.28. The van der Waals surface area contributed by atoms with Crippen molar-refractivity contribution >= 4 is 5.69 Å². The highest BCUT2D eigenvalue weighted by Gasteiger charge is 2.18. The van der Waals surface area contributed by atoms with Gasteiger partial charge in [0.1, 0.15) is 0 Å². The Morgan fingerprint density at radius 1 is 1.53 bits per heavy atom. The Labute approximate surface area is 88.1 Å². The molecule has 3 nitrogen and oxygen atoms in total. The summed E-state index contributed by atoms with van der Waals surface area (Å²) in [7, 11) is 0. The van der Waals surface area contributed by atoms with E-state index >= 15 is 0 Å². The van der Waals surface area contributed by atoms with Gasteiger partial charge in [0, 0.05) is 17.5 Å². The zero-order valence-electron chi connectivity index (χ0n) is 8.87. The Hall–Kier alpha value is -1.45. The fourth-order valence-electron chi connectivity index (χ4n) is 1.69. The smallest absolute Gasteiger partial charge is 0.258 e. The number of nitro groups is 1. The highest BCUT2D eigenvalue weighted by molar-refractivity contribution is 5.46. The summed E-state index contributed by atoms with van der Waals surface area (Å²) in [4.78, 5) is 10.3. The molecule has 0 radical (unpaired) electrons. The number of nitro benzene ring substituents is 1. The average Bonchev–Trinajstić information content (AvgIpc) is 2.26. The Kier molecular flexibility index (Phi) is 3.77. The fourth-order valence-corrected chi connectivity index (χ4v) is 1.69. The molecule has 0 saturated carbocycles. The summed E-state index contributed by atoms with van der Waals surface area (Å²) >= 11 is 0. The molecule has 82 valence electrons. The van der Waals surface area contributed by atoms with Crippen LogP contribution in [0, 0.1) is 10.1 Å². The summed E-state index contributed by atoms with van der Waals surface area (Å²) in [5.74, 6) is -0.278. The first-order chi connectivity index (χ1) is 7.11. The minimum Gasteiger partial charge on any atom is -0.258 e. The first-order valence-electron chi connectivity index (χ1n) is 4.93. The van der Waals surface area contributed by atoms with Crippen LogP contribution in [0.4, 0.5) is 10.1 Å². The van der Waals surface area contributed by atoms with Crippen LogP contribution in [-0.2, 0) is 6.42 Å². The Balaban J connectivity index is 3.28. The van der Waals surface area contributed by atoms with Gasteiger partial charge in [-0.3, -0.25) is 14.5 Å². The largest absolute Gasteiger partial charge is 0.272 e. The number of alkyl halides is 1. The molecule has 1 aromatic carbocycles. The van der Waals surface area contributed by atoms with E-state index in [0.29, 0.717) is 12.0 Å². The van der Waals surface area contributed by atoms with E-state index in [1.165, 1.54) is 6.07 Å². The molecule has 0 aliphatic heterocycles. The van der Waals surface area contributed by atoms with Crippen molar-refractivity contribution in [2.75, 3.05) is 6.67 Å². The molecule has 0 fully saturated rings. The van der Waals surface area contributed by atoms with Crippen LogP contribution < -0.4 is 0 Å². The third kappa shape index (κ3) is 2.32. The van der Waals surface area contributed by atoms with Gasteiger partial charge in [0.15, 0.2) is 0 Å². The van der Waals surface area contributed by atoms with Crippen LogP contribution in [-0.4, -0.2) is 11.6 Å². The molecule has 0 amide bonds. The third-order valence-corrected chi connectivity index (χ3v) is 2.50. The number of halogens is 1. The summed E-state index contributed by atoms with van der Waals surface area (Å²) in [6.45, 7) is 3.09. The first-order valence-corrected chi connectivity index (χ1v) is 4.93. The lowest BCUT2D eigenvalue weighted by molar-refractivity contribution is -0.385. The quantitative estimate of drug-likeness (QED) is 0.566. The molecule has 15 heavy (non-hydrogen) atoms. The van der Waals surface area contributed by atoms with Crippen molar-refractivity contribution < 1.29 is 9.31 Å². The molecule has 1 rings (SSSR count). The summed E-state index contributed by atoms with van der Waals surface area (Å²) in [5, 5.41) is 10.8. The number of rotatable bonds is 4. The number of hydrogen-bond acceptors (Lipinski definition) is 2. The molecule has 0 aliphatic rings. The molecule has 0 saturated heterocycles. The predicted molar refractivity (Wildman–Crippen MR) is 56.9 cm³/mol. The second-order valence-electron chi connectivity index (χ2n) is 3.51. The standard InChI is InChI=1S/C11H14FNO2/c1-3-9-10(8(2)7-12)5-4-6-11(9)13(14)15/h4-6,8H,3,7H2,1-2H3. The van der Waals surface area contributed by atoms with Crippen LogP contribution in [0.3, 0.4) is 0 Å². The van der Waals surface area contributed by atoms with Gasteiger partial charge < -0.3 is 0 Å². The molecule has 4 heteroatoms. The Morgan fingerprint density at radius 2 is 2.20 bits per heavy atom. The van der Waals surface area contributed by atoms with Gasteiger partial charge in [0.2, 0.25) is 0 Å². The molecule has 0 N–H and O–H groups in total. The maximum Gasteiger partial charge on any atom is 0.272 e. The molecular formula is C11H14FNO2. The fraction of sp³-hybridized carbons (Fsp3) is 0.455. The molecular weight excluding hydrogens is 197 g/mol. The molecule has 0 aliphatic carbocycles. The van der Waals surface area contributed by atoms with E-state index in [0.717, 1.165) is 5.56 Å². The SMILES string of the molecule is CCc1c(C(C)CF)cccc1[N+](=O)[O-]. The topological polar surface area (TPSA) is 43.1 Å². The highest BCUT2D eigenvalue weighted by atomic mass is 19.1. The van der Waals surface area contributed by atoms with Crippen molar-refractivity contribution in [3.8, 4) is 0 Å². The van der Waals surface area contributed by atoms with Gasteiger partial charge in [-0.25, -0.2) is 0 Å². The molecule has 1 atom stereocenters. The second-order valence-corrected chi connectivity index (χ2v) is 3.51. The first kappa shape index (κ1) is 11.6. The monoisotopic (exact) mass is 211 g/mol. The zero-order chi connectivity index (χ0) is 11.4. The summed E-state index contributed by atoms with van der Waals surface area (Å²) in [5.41, 5.74) is 1.48. The van der Waals surface area contributed by atoms with E-state index in [-0.39, 0.29) is 11.6 Å². The van der Waals surface area contributed by atoms with Gasteiger partial charge in [-0.05, 0) is 12.0 Å². The average molecular weight is 211 g/mol. The molecule has 0 spiro atoms. The van der Waals surface area contributed by atoms with Crippen LogP contribution >= 0.6 is 0 Å². The molecule has 1 aromatic rings. The van der Waals surface area contributed by atoms with Crippen molar-refractivity contribution in [3.63, 3.8) is 0 Å². The van der Waals surface area contributed by atoms with Gasteiger partial charge >= 0.3 is 0 Å². The number of nitrogens with zero attached hydrogens (tertiary/aromatic N) is 1. The Bertz CT molecular complexity index is 366. The maximum atomic E-state index is 12.6. The number of benzene rings is 1. The lowest BCUT2D eigenvalue weighted by Gasteiger charge is -2.12. The molecule has 0 aromatic heterocycles. The summed E-state index contributed by atoms with van der Waals surface area (Å²) in [6.07, 6.45) is 0.552. The van der Waals surface area contributed by atoms with Crippen LogP contribution in [0.15, 0.2) is 18.2 Å². The van der Waals surface area contributed by atoms with E-state index in [2.05, 4.69) is 0 Å². The predicted octanol–water partition coefficient (Wildman–Crippen LogP) is 3.23. The number of hydrogen-bond donors (Lipinski definition) is 0. The van der Waals surface area contributed by atoms with Crippen molar-refractivity contribution in [3.05, 3.63) is 39.4 Å². The van der Waals surface area contributed by atoms with Crippen LogP contribution in [0.2, 0.25) is 0 Å². The molecule has 0 heterocycles. The zero-order valence-corrected chi connectivity index (χ0v) is 8.87. The van der Waals surface area contributed by atoms with Crippen LogP contribution in [0.5, 0.6) is 0 Å². The third-order valence-electron chi connectivity index (χ3n) is 2.50. The van der Waals surface area contributed by atoms with Crippen LogP contribution in [0.25, 0.3) is 0 Å². The maximum absolute atomic E-state index is 12.6. The summed E-state index contributed by atoms with van der Waals surface area (Å²) in [6, 6.07) is 4.84. The van der Waals surface area contributed by atoms with Crippen molar-refractivity contribution in [1.29, 1.82) is 0 Å². The van der Waals surface area contributed by atoms with E-state index in [1.54, 1.807) is 19.1 Å². The van der Waals surface area contributed by atoms with Crippen molar-refractivity contribution in [2.24, 2.45) is 0 Å². The van der Waals surface area contributed by atoms with E-state index in [9.17, 15) is 14.5 Å². The van der Waals surface area contributed by atoms with Crippen LogP contribution in [0.1, 0.15) is 30.9 Å². The lowest BCUT2D eigenvalue weighted by atomic mass is 9.94. The van der Waals surface area contributed by atoms with E-state index < -0.39 is 11.6 Å².